The van der Waals surface area contributed by atoms with Crippen molar-refractivity contribution >= 4 is 28.7 Å². The zero-order valence-corrected chi connectivity index (χ0v) is 16.2. The van der Waals surface area contributed by atoms with E-state index in [2.05, 4.69) is 10.4 Å². The SMILES string of the molecule is O=C(CC1CSc2nc3c(cnn3-c3ccccc3)c(=O)n21)NC1CCCC1. The van der Waals surface area contributed by atoms with E-state index >= 15 is 0 Å². The predicted molar refractivity (Wildman–Crippen MR) is 108 cm³/mol. The van der Waals surface area contributed by atoms with Crippen molar-refractivity contribution in [2.75, 3.05) is 5.75 Å². The molecule has 3 aromatic rings. The van der Waals surface area contributed by atoms with Gasteiger partial charge in [0.05, 0.1) is 17.9 Å². The van der Waals surface area contributed by atoms with E-state index in [4.69, 9.17) is 4.98 Å². The molecule has 1 N–H and O–H groups in total. The lowest BCUT2D eigenvalue weighted by Gasteiger charge is -2.16. The molecule has 2 aromatic heterocycles. The van der Waals surface area contributed by atoms with Crippen LogP contribution in [0.4, 0.5) is 0 Å². The molecule has 2 aliphatic rings. The lowest BCUT2D eigenvalue weighted by Crippen LogP contribution is -2.35. The van der Waals surface area contributed by atoms with Crippen molar-refractivity contribution in [2.45, 2.75) is 49.3 Å². The van der Waals surface area contributed by atoms with E-state index in [-0.39, 0.29) is 17.5 Å². The van der Waals surface area contributed by atoms with Crippen molar-refractivity contribution < 1.29 is 4.79 Å². The number of thioether (sulfide) groups is 1. The van der Waals surface area contributed by atoms with Crippen LogP contribution in [0.1, 0.15) is 38.1 Å². The molecule has 1 atom stereocenters. The number of rotatable bonds is 4. The number of carbonyl (C=O) groups excluding carboxylic acids is 1. The highest BCUT2D eigenvalue weighted by Crippen LogP contribution is 2.33. The highest BCUT2D eigenvalue weighted by atomic mass is 32.2. The summed E-state index contributed by atoms with van der Waals surface area (Å²) in [7, 11) is 0. The molecule has 3 heterocycles. The second-order valence-corrected chi connectivity index (χ2v) is 8.40. The fourth-order valence-corrected chi connectivity index (χ4v) is 5.24. The summed E-state index contributed by atoms with van der Waals surface area (Å²) in [5.41, 5.74) is 1.31. The molecule has 1 aliphatic carbocycles. The maximum Gasteiger partial charge on any atom is 0.265 e. The average Bonchev–Trinajstić information content (AvgIpc) is 3.43. The van der Waals surface area contributed by atoms with Gasteiger partial charge in [-0.15, -0.1) is 0 Å². The summed E-state index contributed by atoms with van der Waals surface area (Å²) in [5, 5.41) is 8.64. The molecule has 0 spiro atoms. The molecule has 1 amide bonds. The van der Waals surface area contributed by atoms with Crippen LogP contribution in [0, 0.1) is 0 Å². The van der Waals surface area contributed by atoms with Crippen LogP contribution >= 0.6 is 11.8 Å². The molecule has 5 rings (SSSR count). The number of carbonyl (C=O) groups is 1. The number of amides is 1. The minimum absolute atomic E-state index is 0.0253. The zero-order valence-electron chi connectivity index (χ0n) is 15.4. The van der Waals surface area contributed by atoms with Crippen LogP contribution in [0.25, 0.3) is 16.7 Å². The van der Waals surface area contributed by atoms with E-state index in [0.717, 1.165) is 18.5 Å². The lowest BCUT2D eigenvalue weighted by molar-refractivity contribution is -0.122. The maximum atomic E-state index is 13.1. The molecule has 0 saturated heterocycles. The van der Waals surface area contributed by atoms with Crippen molar-refractivity contribution in [3.63, 3.8) is 0 Å². The molecule has 1 fully saturated rings. The van der Waals surface area contributed by atoms with Crippen LogP contribution in [-0.2, 0) is 4.79 Å². The lowest BCUT2D eigenvalue weighted by atomic mass is 10.2. The first-order valence-corrected chi connectivity index (χ1v) is 10.7. The van der Waals surface area contributed by atoms with Crippen LogP contribution in [0.3, 0.4) is 0 Å². The number of hydrogen-bond donors (Lipinski definition) is 1. The van der Waals surface area contributed by atoms with E-state index in [9.17, 15) is 9.59 Å². The van der Waals surface area contributed by atoms with Crippen LogP contribution in [0.5, 0.6) is 0 Å². The summed E-state index contributed by atoms with van der Waals surface area (Å²) in [4.78, 5) is 30.3. The fraction of sp³-hybridized carbons (Fsp3) is 0.400. The van der Waals surface area contributed by atoms with Crippen LogP contribution < -0.4 is 10.9 Å². The van der Waals surface area contributed by atoms with E-state index < -0.39 is 0 Å². The highest BCUT2D eigenvalue weighted by molar-refractivity contribution is 7.99. The van der Waals surface area contributed by atoms with Gasteiger partial charge in [0.15, 0.2) is 10.8 Å². The number of benzene rings is 1. The Balaban J connectivity index is 1.45. The summed E-state index contributed by atoms with van der Waals surface area (Å²) >= 11 is 1.53. The molecule has 0 bridgehead atoms. The monoisotopic (exact) mass is 395 g/mol. The fourth-order valence-electron chi connectivity index (χ4n) is 4.11. The third-order valence-corrected chi connectivity index (χ3v) is 6.61. The number of nitrogens with one attached hydrogen (secondary N) is 1. The average molecular weight is 395 g/mol. The van der Waals surface area contributed by atoms with Gasteiger partial charge < -0.3 is 5.32 Å². The van der Waals surface area contributed by atoms with Crippen molar-refractivity contribution in [3.05, 3.63) is 46.9 Å². The van der Waals surface area contributed by atoms with E-state index in [0.29, 0.717) is 34.4 Å². The smallest absolute Gasteiger partial charge is 0.265 e. The Bertz CT molecular complexity index is 1090. The molecule has 1 unspecified atom stereocenters. The van der Waals surface area contributed by atoms with Crippen LogP contribution in [-0.4, -0.2) is 37.0 Å². The van der Waals surface area contributed by atoms with Crippen molar-refractivity contribution in [1.29, 1.82) is 0 Å². The zero-order chi connectivity index (χ0) is 19.1. The first kappa shape index (κ1) is 17.5. The molecule has 1 aliphatic heterocycles. The number of fused-ring (bicyclic) bond motifs is 2. The quantitative estimate of drug-likeness (QED) is 0.687. The van der Waals surface area contributed by atoms with Gasteiger partial charge in [-0.3, -0.25) is 14.2 Å². The molecule has 0 radical (unpaired) electrons. The molecule has 7 nitrogen and oxygen atoms in total. The Labute approximate surface area is 166 Å². The van der Waals surface area contributed by atoms with Gasteiger partial charge in [0.1, 0.15) is 5.39 Å². The standard InChI is InChI=1S/C20H21N5O2S/c26-17(22-13-6-4-5-7-13)10-15-12-28-20-23-18-16(19(27)24(15)20)11-21-25(18)14-8-2-1-3-9-14/h1-3,8-9,11,13,15H,4-7,10,12H2,(H,22,26). The summed E-state index contributed by atoms with van der Waals surface area (Å²) < 4.78 is 3.37. The highest BCUT2D eigenvalue weighted by Gasteiger charge is 2.30. The second kappa shape index (κ2) is 7.09. The molecule has 1 saturated carbocycles. The van der Waals surface area contributed by atoms with E-state index in [1.54, 1.807) is 15.4 Å². The van der Waals surface area contributed by atoms with Gasteiger partial charge >= 0.3 is 0 Å². The maximum absolute atomic E-state index is 13.1. The van der Waals surface area contributed by atoms with Gasteiger partial charge in [-0.25, -0.2) is 9.67 Å². The number of hydrogen-bond acceptors (Lipinski definition) is 5. The Morgan fingerprint density at radius 1 is 1.21 bits per heavy atom. The van der Waals surface area contributed by atoms with Gasteiger partial charge in [0, 0.05) is 18.2 Å². The Morgan fingerprint density at radius 2 is 2.00 bits per heavy atom. The van der Waals surface area contributed by atoms with Crippen molar-refractivity contribution in [3.8, 4) is 5.69 Å². The van der Waals surface area contributed by atoms with Crippen molar-refractivity contribution in [2.24, 2.45) is 0 Å². The topological polar surface area (TPSA) is 81.8 Å². The van der Waals surface area contributed by atoms with Gasteiger partial charge in [0.25, 0.3) is 5.56 Å². The molecule has 28 heavy (non-hydrogen) atoms. The first-order valence-electron chi connectivity index (χ1n) is 9.68. The molecule has 144 valence electrons. The van der Waals surface area contributed by atoms with Crippen molar-refractivity contribution in [1.82, 2.24) is 24.6 Å². The van der Waals surface area contributed by atoms with Crippen LogP contribution in [0.15, 0.2) is 46.5 Å². The third-order valence-electron chi connectivity index (χ3n) is 5.51. The molecular formula is C20H21N5O2S. The van der Waals surface area contributed by atoms with Gasteiger partial charge in [-0.2, -0.15) is 5.10 Å². The van der Waals surface area contributed by atoms with Crippen LogP contribution in [0.2, 0.25) is 0 Å². The summed E-state index contributed by atoms with van der Waals surface area (Å²) in [6.45, 7) is 0. The van der Waals surface area contributed by atoms with Gasteiger partial charge in [-0.1, -0.05) is 42.8 Å². The first-order chi connectivity index (χ1) is 13.7. The molecule has 1 aromatic carbocycles. The van der Waals surface area contributed by atoms with Gasteiger partial charge in [-0.05, 0) is 25.0 Å². The molecule has 8 heteroatoms. The molecular weight excluding hydrogens is 374 g/mol. The van der Waals surface area contributed by atoms with E-state index in [1.165, 1.54) is 24.6 Å². The largest absolute Gasteiger partial charge is 0.353 e. The predicted octanol–water partition coefficient (Wildman–Crippen LogP) is 2.68. The Hall–Kier alpha value is -2.61. The van der Waals surface area contributed by atoms with E-state index in [1.807, 2.05) is 30.3 Å². The Morgan fingerprint density at radius 3 is 2.79 bits per heavy atom. The summed E-state index contributed by atoms with van der Waals surface area (Å²) in [6.07, 6.45) is 6.37. The Kier molecular flexibility index (Phi) is 4.43. The number of aromatic nitrogens is 4. The normalized spacial score (nSPS) is 19.2. The second-order valence-electron chi connectivity index (χ2n) is 7.42. The number of para-hydroxylation sites is 1. The third kappa shape index (κ3) is 3.01. The summed E-state index contributed by atoms with van der Waals surface area (Å²) in [6, 6.07) is 9.79. The minimum Gasteiger partial charge on any atom is -0.353 e. The minimum atomic E-state index is -0.161. The summed E-state index contributed by atoms with van der Waals surface area (Å²) in [5.74, 6) is 0.712. The van der Waals surface area contributed by atoms with Gasteiger partial charge in [0.2, 0.25) is 5.91 Å². The number of nitrogens with zero attached hydrogens (tertiary/aromatic N) is 4.